The molecule has 0 amide bonds. The molecule has 9 heteroatoms. The van der Waals surface area contributed by atoms with Crippen LogP contribution in [0.3, 0.4) is 0 Å². The molecular formula is C14H30N2O7. The first-order valence-electron chi connectivity index (χ1n) is 7.80. The lowest BCUT2D eigenvalue weighted by atomic mass is 9.99. The Bertz CT molecular complexity index is 332. The SMILES string of the molecule is CCC1CC(O)C(N)C(OCC(OC(OC)C(N)O)C(C)O)O1. The van der Waals surface area contributed by atoms with Crippen LogP contribution in [0.25, 0.3) is 0 Å². The van der Waals surface area contributed by atoms with Gasteiger partial charge < -0.3 is 45.7 Å². The van der Waals surface area contributed by atoms with Crippen molar-refractivity contribution in [3.05, 3.63) is 0 Å². The topological polar surface area (TPSA) is 150 Å². The first-order valence-corrected chi connectivity index (χ1v) is 7.80. The molecule has 8 atom stereocenters. The van der Waals surface area contributed by atoms with Crippen LogP contribution in [-0.2, 0) is 18.9 Å². The highest BCUT2D eigenvalue weighted by molar-refractivity contribution is 4.84. The normalized spacial score (nSPS) is 33.9. The van der Waals surface area contributed by atoms with Gasteiger partial charge in [-0.05, 0) is 13.3 Å². The van der Waals surface area contributed by atoms with Crippen molar-refractivity contribution in [2.45, 2.75) is 76.0 Å². The largest absolute Gasteiger partial charge is 0.391 e. The fourth-order valence-corrected chi connectivity index (χ4v) is 2.29. The number of aliphatic hydroxyl groups excluding tert-OH is 3. The molecule has 8 unspecified atom stereocenters. The van der Waals surface area contributed by atoms with Crippen LogP contribution in [0.5, 0.6) is 0 Å². The minimum atomic E-state index is -1.36. The van der Waals surface area contributed by atoms with Crippen molar-refractivity contribution in [1.29, 1.82) is 0 Å². The van der Waals surface area contributed by atoms with E-state index in [2.05, 4.69) is 0 Å². The monoisotopic (exact) mass is 338 g/mol. The fraction of sp³-hybridized carbons (Fsp3) is 1.00. The Balaban J connectivity index is 2.59. The highest BCUT2D eigenvalue weighted by Crippen LogP contribution is 2.22. The second-order valence-electron chi connectivity index (χ2n) is 5.76. The van der Waals surface area contributed by atoms with Crippen LogP contribution in [-0.4, -0.2) is 78.3 Å². The molecule has 1 aliphatic rings. The van der Waals surface area contributed by atoms with Gasteiger partial charge in [-0.3, -0.25) is 0 Å². The molecule has 0 radical (unpaired) electrons. The van der Waals surface area contributed by atoms with Crippen molar-refractivity contribution < 1.29 is 34.3 Å². The zero-order valence-corrected chi connectivity index (χ0v) is 13.9. The second kappa shape index (κ2) is 9.82. The highest BCUT2D eigenvalue weighted by Gasteiger charge is 2.36. The summed E-state index contributed by atoms with van der Waals surface area (Å²) in [5.74, 6) is 0. The summed E-state index contributed by atoms with van der Waals surface area (Å²) in [6.07, 6.45) is -4.66. The Morgan fingerprint density at radius 3 is 2.48 bits per heavy atom. The quantitative estimate of drug-likeness (QED) is 0.308. The number of methoxy groups -OCH3 is 1. The minimum absolute atomic E-state index is 0.0637. The average Bonchev–Trinajstić information content (AvgIpc) is 2.50. The van der Waals surface area contributed by atoms with E-state index >= 15 is 0 Å². The van der Waals surface area contributed by atoms with E-state index in [1.54, 1.807) is 0 Å². The molecular weight excluding hydrogens is 308 g/mol. The van der Waals surface area contributed by atoms with E-state index in [9.17, 15) is 15.3 Å². The number of nitrogens with two attached hydrogens (primary N) is 2. The lowest BCUT2D eigenvalue weighted by molar-refractivity contribution is -0.263. The maximum Gasteiger partial charge on any atom is 0.197 e. The Morgan fingerprint density at radius 1 is 1.35 bits per heavy atom. The molecule has 0 spiro atoms. The summed E-state index contributed by atoms with van der Waals surface area (Å²) in [5, 5.41) is 29.1. The third-order valence-electron chi connectivity index (χ3n) is 3.83. The minimum Gasteiger partial charge on any atom is -0.391 e. The molecule has 9 nitrogen and oxygen atoms in total. The Labute approximate surface area is 136 Å². The van der Waals surface area contributed by atoms with E-state index in [1.165, 1.54) is 14.0 Å². The van der Waals surface area contributed by atoms with Gasteiger partial charge in [0.05, 0.1) is 31.0 Å². The van der Waals surface area contributed by atoms with Gasteiger partial charge in [-0.25, -0.2) is 0 Å². The molecule has 0 aromatic carbocycles. The molecule has 0 aliphatic carbocycles. The Hall–Kier alpha value is -0.360. The number of hydrogen-bond acceptors (Lipinski definition) is 9. The van der Waals surface area contributed by atoms with Gasteiger partial charge in [0.2, 0.25) is 0 Å². The molecule has 1 aliphatic heterocycles. The predicted octanol–water partition coefficient (Wildman–Crippen LogP) is -1.77. The maximum atomic E-state index is 9.95. The predicted molar refractivity (Wildman–Crippen MR) is 81.0 cm³/mol. The van der Waals surface area contributed by atoms with E-state index < -0.39 is 43.2 Å². The van der Waals surface area contributed by atoms with Gasteiger partial charge >= 0.3 is 0 Å². The van der Waals surface area contributed by atoms with E-state index in [0.717, 1.165) is 6.42 Å². The fourth-order valence-electron chi connectivity index (χ4n) is 2.29. The van der Waals surface area contributed by atoms with E-state index in [1.807, 2.05) is 6.92 Å². The molecule has 1 fully saturated rings. The van der Waals surface area contributed by atoms with Crippen LogP contribution in [0.2, 0.25) is 0 Å². The van der Waals surface area contributed by atoms with Crippen molar-refractivity contribution >= 4 is 0 Å². The number of ether oxygens (including phenoxy) is 4. The zero-order chi connectivity index (χ0) is 17.6. The molecule has 138 valence electrons. The van der Waals surface area contributed by atoms with Gasteiger partial charge in [-0.2, -0.15) is 0 Å². The van der Waals surface area contributed by atoms with Crippen molar-refractivity contribution in [2.75, 3.05) is 13.7 Å². The first-order chi connectivity index (χ1) is 10.8. The molecule has 23 heavy (non-hydrogen) atoms. The number of aliphatic hydroxyl groups is 3. The molecule has 1 rings (SSSR count). The van der Waals surface area contributed by atoms with Gasteiger partial charge in [-0.15, -0.1) is 0 Å². The summed E-state index contributed by atoms with van der Waals surface area (Å²) in [7, 11) is 1.32. The van der Waals surface area contributed by atoms with E-state index in [-0.39, 0.29) is 12.7 Å². The van der Waals surface area contributed by atoms with Crippen LogP contribution >= 0.6 is 0 Å². The van der Waals surface area contributed by atoms with E-state index in [0.29, 0.717) is 6.42 Å². The lowest BCUT2D eigenvalue weighted by Gasteiger charge is -2.38. The van der Waals surface area contributed by atoms with Crippen molar-refractivity contribution in [3.63, 3.8) is 0 Å². The van der Waals surface area contributed by atoms with Gasteiger partial charge in [0, 0.05) is 13.5 Å². The van der Waals surface area contributed by atoms with E-state index in [4.69, 9.17) is 30.4 Å². The summed E-state index contributed by atoms with van der Waals surface area (Å²) in [4.78, 5) is 0. The van der Waals surface area contributed by atoms with Crippen LogP contribution in [0.1, 0.15) is 26.7 Å². The van der Waals surface area contributed by atoms with Gasteiger partial charge in [0.15, 0.2) is 18.8 Å². The van der Waals surface area contributed by atoms with Gasteiger partial charge in [0.25, 0.3) is 0 Å². The number of rotatable bonds is 9. The number of hydrogen-bond donors (Lipinski definition) is 5. The molecule has 0 bridgehead atoms. The summed E-state index contributed by atoms with van der Waals surface area (Å²) >= 11 is 0. The van der Waals surface area contributed by atoms with Crippen LogP contribution in [0.15, 0.2) is 0 Å². The summed E-state index contributed by atoms with van der Waals surface area (Å²) in [5.41, 5.74) is 11.2. The summed E-state index contributed by atoms with van der Waals surface area (Å²) in [6.45, 7) is 3.39. The standard InChI is InChI=1S/C14H30N2O7/c1-4-8-5-9(18)11(15)13(22-8)21-6-10(7(2)17)23-14(20-3)12(16)19/h7-14,17-19H,4-6,15-16H2,1-3H3. The highest BCUT2D eigenvalue weighted by atomic mass is 16.7. The first kappa shape index (κ1) is 20.7. The van der Waals surface area contributed by atoms with Crippen LogP contribution in [0.4, 0.5) is 0 Å². The Kier molecular flexibility index (Phi) is 8.83. The average molecular weight is 338 g/mol. The van der Waals surface area contributed by atoms with Crippen molar-refractivity contribution in [2.24, 2.45) is 11.5 Å². The third-order valence-corrected chi connectivity index (χ3v) is 3.83. The van der Waals surface area contributed by atoms with Crippen molar-refractivity contribution in [3.8, 4) is 0 Å². The van der Waals surface area contributed by atoms with Gasteiger partial charge in [-0.1, -0.05) is 6.92 Å². The van der Waals surface area contributed by atoms with Crippen LogP contribution in [0, 0.1) is 0 Å². The zero-order valence-electron chi connectivity index (χ0n) is 13.9. The molecule has 7 N–H and O–H groups in total. The molecule has 1 saturated heterocycles. The maximum absolute atomic E-state index is 9.95. The summed E-state index contributed by atoms with van der Waals surface area (Å²) in [6, 6.07) is -0.689. The lowest BCUT2D eigenvalue weighted by Crippen LogP contribution is -2.55. The molecule has 1 heterocycles. The smallest absolute Gasteiger partial charge is 0.197 e. The second-order valence-corrected chi connectivity index (χ2v) is 5.76. The molecule has 0 aromatic rings. The molecule has 0 saturated carbocycles. The third kappa shape index (κ3) is 6.22. The van der Waals surface area contributed by atoms with Crippen LogP contribution < -0.4 is 11.5 Å². The molecule has 0 aromatic heterocycles. The van der Waals surface area contributed by atoms with Crippen molar-refractivity contribution in [1.82, 2.24) is 0 Å². The Morgan fingerprint density at radius 2 is 2.00 bits per heavy atom. The van der Waals surface area contributed by atoms with Gasteiger partial charge in [0.1, 0.15) is 6.10 Å². The summed E-state index contributed by atoms with van der Waals surface area (Å²) < 4.78 is 21.5.